The highest BCUT2D eigenvalue weighted by atomic mass is 32.2. The third-order valence-corrected chi connectivity index (χ3v) is 5.80. The number of halogens is 2. The van der Waals surface area contributed by atoms with E-state index in [1.165, 1.54) is 12.8 Å². The van der Waals surface area contributed by atoms with Crippen LogP contribution < -0.4 is 4.74 Å². The molecule has 3 aromatic rings. The number of alkyl halides is 2. The normalized spacial score (nSPS) is 14.6. The monoisotopic (exact) mass is 416 g/mol. The molecule has 0 N–H and O–H groups in total. The molecule has 0 radical (unpaired) electrons. The van der Waals surface area contributed by atoms with E-state index in [0.29, 0.717) is 5.75 Å². The molecule has 2 aromatic carbocycles. The third kappa shape index (κ3) is 5.13. The summed E-state index contributed by atoms with van der Waals surface area (Å²) in [7, 11) is 0. The highest BCUT2D eigenvalue weighted by Gasteiger charge is 2.19. The second-order valence-electron chi connectivity index (χ2n) is 6.86. The summed E-state index contributed by atoms with van der Waals surface area (Å²) in [6.45, 7) is 0.157. The molecule has 152 valence electrons. The molecular weight excluding hydrogens is 394 g/mol. The van der Waals surface area contributed by atoms with Gasteiger partial charge in [0.15, 0.2) is 11.0 Å². The van der Waals surface area contributed by atoms with Crippen molar-refractivity contribution in [1.29, 1.82) is 0 Å². The first-order valence-electron chi connectivity index (χ1n) is 9.57. The van der Waals surface area contributed by atoms with Crippen molar-refractivity contribution >= 4 is 11.8 Å². The maximum Gasteiger partial charge on any atom is 0.387 e. The summed E-state index contributed by atoms with van der Waals surface area (Å²) in [6.07, 6.45) is 2.46. The van der Waals surface area contributed by atoms with Crippen LogP contribution in [-0.4, -0.2) is 39.4 Å². The van der Waals surface area contributed by atoms with Crippen LogP contribution in [0.4, 0.5) is 8.78 Å². The Labute approximate surface area is 172 Å². The molecule has 29 heavy (non-hydrogen) atoms. The van der Waals surface area contributed by atoms with Gasteiger partial charge in [0.1, 0.15) is 5.75 Å². The molecule has 1 aliphatic rings. The topological polar surface area (TPSA) is 43.2 Å². The maximum atomic E-state index is 12.3. The van der Waals surface area contributed by atoms with Gasteiger partial charge in [-0.1, -0.05) is 42.1 Å². The van der Waals surface area contributed by atoms with Gasteiger partial charge in [0.25, 0.3) is 0 Å². The minimum absolute atomic E-state index is 0.161. The Bertz CT molecular complexity index is 912. The number of likely N-dealkylation sites (tertiary alicyclic amines) is 1. The lowest BCUT2D eigenvalue weighted by Crippen LogP contribution is -2.21. The van der Waals surface area contributed by atoms with Crippen molar-refractivity contribution in [3.63, 3.8) is 0 Å². The highest BCUT2D eigenvalue weighted by molar-refractivity contribution is 7.98. The van der Waals surface area contributed by atoms with E-state index in [1.54, 1.807) is 36.0 Å². The Kier molecular flexibility index (Phi) is 6.41. The van der Waals surface area contributed by atoms with Crippen LogP contribution in [0.1, 0.15) is 24.2 Å². The van der Waals surface area contributed by atoms with Crippen LogP contribution >= 0.6 is 11.8 Å². The fourth-order valence-electron chi connectivity index (χ4n) is 3.39. The van der Waals surface area contributed by atoms with Crippen LogP contribution in [0.15, 0.2) is 59.8 Å². The van der Waals surface area contributed by atoms with Crippen LogP contribution in [0, 0.1) is 0 Å². The molecule has 0 bridgehead atoms. The van der Waals surface area contributed by atoms with Gasteiger partial charge >= 0.3 is 6.61 Å². The third-order valence-electron chi connectivity index (χ3n) is 4.79. The Morgan fingerprint density at radius 1 is 0.966 bits per heavy atom. The van der Waals surface area contributed by atoms with Gasteiger partial charge in [-0.2, -0.15) is 8.78 Å². The number of ether oxygens (including phenoxy) is 1. The number of aromatic nitrogens is 3. The van der Waals surface area contributed by atoms with E-state index in [1.807, 2.05) is 18.2 Å². The van der Waals surface area contributed by atoms with E-state index >= 15 is 0 Å². The first kappa shape index (κ1) is 19.8. The number of hydrogen-bond acceptors (Lipinski definition) is 5. The van der Waals surface area contributed by atoms with E-state index < -0.39 is 6.61 Å². The summed E-state index contributed by atoms with van der Waals surface area (Å²) >= 11 is 1.58. The molecular formula is C21H22F2N4OS. The molecule has 2 heterocycles. The zero-order valence-electron chi connectivity index (χ0n) is 15.9. The van der Waals surface area contributed by atoms with E-state index in [9.17, 15) is 8.78 Å². The van der Waals surface area contributed by atoms with Gasteiger partial charge in [0.2, 0.25) is 0 Å². The van der Waals surface area contributed by atoms with Crippen molar-refractivity contribution in [2.75, 3.05) is 13.1 Å². The minimum Gasteiger partial charge on any atom is -0.435 e. The molecule has 1 aliphatic heterocycles. The van der Waals surface area contributed by atoms with Gasteiger partial charge < -0.3 is 4.74 Å². The van der Waals surface area contributed by atoms with Gasteiger partial charge in [-0.05, 0) is 55.8 Å². The Morgan fingerprint density at radius 2 is 1.69 bits per heavy atom. The molecule has 1 aromatic heterocycles. The molecule has 4 rings (SSSR count). The fourth-order valence-corrected chi connectivity index (χ4v) is 4.32. The quantitative estimate of drug-likeness (QED) is 0.496. The fraction of sp³-hybridized carbons (Fsp3) is 0.333. The van der Waals surface area contributed by atoms with Crippen molar-refractivity contribution in [1.82, 2.24) is 19.7 Å². The summed E-state index contributed by atoms with van der Waals surface area (Å²) < 4.78 is 31.1. The standard InChI is InChI=1S/C21H22F2N4OS/c22-20(23)28-18-10-8-16(9-11-18)15-29-21-25-24-19(14-26-12-4-5-13-26)27(21)17-6-2-1-3-7-17/h1-3,6-11,20H,4-5,12-15H2. The minimum atomic E-state index is -2.81. The zero-order valence-corrected chi connectivity index (χ0v) is 16.7. The lowest BCUT2D eigenvalue weighted by Gasteiger charge is -2.16. The van der Waals surface area contributed by atoms with Crippen LogP contribution in [0.25, 0.3) is 5.69 Å². The van der Waals surface area contributed by atoms with Crippen LogP contribution in [-0.2, 0) is 12.3 Å². The first-order valence-corrected chi connectivity index (χ1v) is 10.6. The molecule has 1 saturated heterocycles. The van der Waals surface area contributed by atoms with Gasteiger partial charge in [-0.15, -0.1) is 10.2 Å². The predicted octanol–water partition coefficient (Wildman–Crippen LogP) is 4.76. The van der Waals surface area contributed by atoms with E-state index in [2.05, 4.69) is 36.5 Å². The molecule has 8 heteroatoms. The number of nitrogens with zero attached hydrogens (tertiary/aromatic N) is 4. The maximum absolute atomic E-state index is 12.3. The lowest BCUT2D eigenvalue weighted by molar-refractivity contribution is -0.0498. The zero-order chi connectivity index (χ0) is 20.1. The van der Waals surface area contributed by atoms with Gasteiger partial charge in [0.05, 0.1) is 6.54 Å². The Balaban J connectivity index is 1.51. The van der Waals surface area contributed by atoms with E-state index in [0.717, 1.165) is 41.9 Å². The van der Waals surface area contributed by atoms with Crippen LogP contribution in [0.5, 0.6) is 5.75 Å². The second kappa shape index (κ2) is 9.37. The molecule has 5 nitrogen and oxygen atoms in total. The first-order chi connectivity index (χ1) is 14.2. The van der Waals surface area contributed by atoms with Crippen molar-refractivity contribution < 1.29 is 13.5 Å². The molecule has 0 atom stereocenters. The van der Waals surface area contributed by atoms with Gasteiger partial charge in [-0.3, -0.25) is 9.47 Å². The van der Waals surface area contributed by atoms with Crippen molar-refractivity contribution in [2.24, 2.45) is 0 Å². The van der Waals surface area contributed by atoms with Crippen LogP contribution in [0.3, 0.4) is 0 Å². The number of thioether (sulfide) groups is 1. The van der Waals surface area contributed by atoms with E-state index in [4.69, 9.17) is 0 Å². The van der Waals surface area contributed by atoms with Gasteiger partial charge in [-0.25, -0.2) is 0 Å². The smallest absolute Gasteiger partial charge is 0.387 e. The number of hydrogen-bond donors (Lipinski definition) is 0. The average Bonchev–Trinajstić information content (AvgIpc) is 3.38. The second-order valence-corrected chi connectivity index (χ2v) is 7.81. The predicted molar refractivity (Wildman–Crippen MR) is 109 cm³/mol. The Hall–Kier alpha value is -2.45. The SMILES string of the molecule is FC(F)Oc1ccc(CSc2nnc(CN3CCCC3)n2-c2ccccc2)cc1. The summed E-state index contributed by atoms with van der Waals surface area (Å²) in [6, 6.07) is 16.8. The molecule has 0 unspecified atom stereocenters. The number of para-hydroxylation sites is 1. The summed E-state index contributed by atoms with van der Waals surface area (Å²) in [4.78, 5) is 2.40. The average molecular weight is 416 g/mol. The van der Waals surface area contributed by atoms with Crippen molar-refractivity contribution in [3.8, 4) is 11.4 Å². The summed E-state index contributed by atoms with van der Waals surface area (Å²) in [5.74, 6) is 1.75. The molecule has 0 amide bonds. The van der Waals surface area contributed by atoms with Crippen LogP contribution in [0.2, 0.25) is 0 Å². The molecule has 0 spiro atoms. The molecule has 1 fully saturated rings. The molecule has 0 aliphatic carbocycles. The summed E-state index contributed by atoms with van der Waals surface area (Å²) in [5, 5.41) is 9.71. The highest BCUT2D eigenvalue weighted by Crippen LogP contribution is 2.27. The lowest BCUT2D eigenvalue weighted by atomic mass is 10.2. The number of benzene rings is 2. The van der Waals surface area contributed by atoms with Crippen molar-refractivity contribution in [3.05, 3.63) is 66.0 Å². The Morgan fingerprint density at radius 3 is 2.38 bits per heavy atom. The van der Waals surface area contributed by atoms with Gasteiger partial charge in [0, 0.05) is 11.4 Å². The largest absolute Gasteiger partial charge is 0.435 e. The van der Waals surface area contributed by atoms with Crippen molar-refractivity contribution in [2.45, 2.75) is 36.9 Å². The summed E-state index contributed by atoms with van der Waals surface area (Å²) in [5.41, 5.74) is 2.04. The van der Waals surface area contributed by atoms with E-state index in [-0.39, 0.29) is 5.75 Å². The molecule has 0 saturated carbocycles. The number of rotatable bonds is 8.